The lowest BCUT2D eigenvalue weighted by atomic mass is 10.3. The predicted molar refractivity (Wildman–Crippen MR) is 91.0 cm³/mol. The molecule has 0 unspecified atom stereocenters. The van der Waals surface area contributed by atoms with E-state index in [9.17, 15) is 8.42 Å². The van der Waals surface area contributed by atoms with E-state index in [-0.39, 0.29) is 34.9 Å². The van der Waals surface area contributed by atoms with Gasteiger partial charge in [-0.2, -0.15) is 0 Å². The van der Waals surface area contributed by atoms with Gasteiger partial charge in [-0.3, -0.25) is 0 Å². The molecule has 0 fully saturated rings. The lowest BCUT2D eigenvalue weighted by Crippen LogP contribution is -1.96. The monoisotopic (exact) mass is 420 g/mol. The Kier molecular flexibility index (Phi) is 5.64. The molecule has 0 spiro atoms. The van der Waals surface area contributed by atoms with Gasteiger partial charge in [-0.25, -0.2) is 8.42 Å². The summed E-state index contributed by atoms with van der Waals surface area (Å²) in [4.78, 5) is 0.158. The molecule has 0 atom stereocenters. The third kappa shape index (κ3) is 3.58. The first-order valence-electron chi connectivity index (χ1n) is 5.26. The molecule has 0 saturated carbocycles. The van der Waals surface area contributed by atoms with Crippen molar-refractivity contribution in [2.45, 2.75) is 9.79 Å². The van der Waals surface area contributed by atoms with Gasteiger partial charge in [-0.15, -0.1) is 0 Å². The molecule has 112 valence electrons. The van der Waals surface area contributed by atoms with Crippen LogP contribution in [-0.2, 0) is 8.87 Å². The molecular weight excluding hydrogens is 418 g/mol. The zero-order valence-electron chi connectivity index (χ0n) is 9.91. The Morgan fingerprint density at radius 2 is 1.14 bits per heavy atom. The minimum Gasteiger partial charge on any atom is -0.212 e. The van der Waals surface area contributed by atoms with Crippen molar-refractivity contribution in [1.29, 1.82) is 0 Å². The van der Waals surface area contributed by atoms with Crippen LogP contribution in [-0.4, -0.2) is 8.42 Å². The third-order valence-electron chi connectivity index (χ3n) is 2.39. The van der Waals surface area contributed by atoms with Gasteiger partial charge in [0.05, 0.1) is 34.9 Å². The van der Waals surface area contributed by atoms with Gasteiger partial charge in [-0.1, -0.05) is 76.2 Å². The zero-order valence-corrected chi connectivity index (χ0v) is 15.3. The molecule has 0 aliphatic heterocycles. The molecule has 0 heterocycles. The number of halogens is 5. The first-order chi connectivity index (χ1) is 9.75. The quantitative estimate of drug-likeness (QED) is 0.324. The molecule has 2 aromatic rings. The molecule has 0 aliphatic rings. The smallest absolute Gasteiger partial charge is 0.212 e. The maximum Gasteiger partial charge on any atom is 0.234 e. The summed E-state index contributed by atoms with van der Waals surface area (Å²) >= 11 is 29.7. The fourth-order valence-corrected chi connectivity index (χ4v) is 6.10. The minimum atomic E-state index is -3.72. The summed E-state index contributed by atoms with van der Waals surface area (Å²) in [5.41, 5.74) is 0. The van der Waals surface area contributed by atoms with Gasteiger partial charge in [0.15, 0.2) is 0 Å². The van der Waals surface area contributed by atoms with E-state index < -0.39 is 8.87 Å². The van der Waals surface area contributed by atoms with Gasteiger partial charge in [0, 0.05) is 10.8 Å². The van der Waals surface area contributed by atoms with Crippen LogP contribution in [0.3, 0.4) is 0 Å². The first-order valence-corrected chi connectivity index (χ1v) is 9.97. The van der Waals surface area contributed by atoms with Gasteiger partial charge in [0.1, 0.15) is 0 Å². The van der Waals surface area contributed by atoms with Crippen molar-refractivity contribution in [2.75, 3.05) is 0 Å². The molecule has 0 radical (unpaired) electrons. The average Bonchev–Trinajstić information content (AvgIpc) is 2.48. The van der Waals surface area contributed by atoms with E-state index in [0.29, 0.717) is 10.8 Å². The van der Waals surface area contributed by atoms with Crippen LogP contribution in [0.15, 0.2) is 40.1 Å². The molecule has 0 amide bonds. The van der Waals surface area contributed by atoms with Crippen molar-refractivity contribution in [1.82, 2.24) is 0 Å². The highest BCUT2D eigenvalue weighted by Gasteiger charge is 2.25. The van der Waals surface area contributed by atoms with Crippen molar-refractivity contribution >= 4 is 77.7 Å². The molecule has 0 N–H and O–H groups in total. The van der Waals surface area contributed by atoms with E-state index in [1.165, 1.54) is 12.1 Å². The molecule has 0 bridgehead atoms. The van der Waals surface area contributed by atoms with Crippen LogP contribution in [0.1, 0.15) is 0 Å². The van der Waals surface area contributed by atoms with E-state index >= 15 is 0 Å². The summed E-state index contributed by atoms with van der Waals surface area (Å²) in [6.45, 7) is 0. The largest absolute Gasteiger partial charge is 0.234 e. The lowest BCUT2D eigenvalue weighted by molar-refractivity contribution is 0.610. The van der Waals surface area contributed by atoms with Crippen molar-refractivity contribution in [3.8, 4) is 0 Å². The fourth-order valence-electron chi connectivity index (χ4n) is 1.40. The van der Waals surface area contributed by atoms with Crippen LogP contribution in [0.25, 0.3) is 0 Å². The van der Waals surface area contributed by atoms with E-state index in [0.717, 1.165) is 0 Å². The Hall–Kier alpha value is 0.190. The van der Waals surface area contributed by atoms with Gasteiger partial charge in [0.25, 0.3) is 0 Å². The average molecular weight is 423 g/mol. The number of hydrogen-bond acceptors (Lipinski definition) is 3. The Balaban J connectivity index is 2.55. The van der Waals surface area contributed by atoms with E-state index in [1.54, 1.807) is 18.2 Å². The molecule has 2 rings (SSSR count). The van der Waals surface area contributed by atoms with Crippen molar-refractivity contribution in [2.24, 2.45) is 0 Å². The summed E-state index contributed by atoms with van der Waals surface area (Å²) in [5.74, 6) is 0. The predicted octanol–water partition coefficient (Wildman–Crippen LogP) is 6.43. The molecule has 2 nitrogen and oxygen atoms in total. The Bertz CT molecular complexity index is 762. The topological polar surface area (TPSA) is 34.1 Å². The second-order valence-corrected chi connectivity index (χ2v) is 9.41. The van der Waals surface area contributed by atoms with Crippen LogP contribution >= 0.6 is 68.8 Å². The van der Waals surface area contributed by atoms with E-state index in [2.05, 4.69) is 0 Å². The molecule has 0 aromatic heterocycles. The van der Waals surface area contributed by atoms with Crippen molar-refractivity contribution < 1.29 is 8.42 Å². The molecular formula is C12H5Cl5O2S2. The highest BCUT2D eigenvalue weighted by Crippen LogP contribution is 2.49. The van der Waals surface area contributed by atoms with Crippen LogP contribution < -0.4 is 0 Å². The van der Waals surface area contributed by atoms with Gasteiger partial charge >= 0.3 is 0 Å². The fraction of sp³-hybridized carbons (Fsp3) is 0. The van der Waals surface area contributed by atoms with Crippen LogP contribution in [0.4, 0.5) is 0 Å². The zero-order chi connectivity index (χ0) is 15.8. The Morgan fingerprint density at radius 1 is 0.714 bits per heavy atom. The van der Waals surface area contributed by atoms with Crippen molar-refractivity contribution in [3.63, 3.8) is 0 Å². The number of hydrogen-bond donors (Lipinski definition) is 0. The standard InChI is InChI=1S/C12H5Cl5O2S2/c13-7-8(14)10(16)12(11(17)9(7)15)20-21(18,19)6-4-2-1-3-5-6/h1-5H. The maximum absolute atomic E-state index is 12.3. The second-order valence-electron chi connectivity index (χ2n) is 3.75. The lowest BCUT2D eigenvalue weighted by Gasteiger charge is -2.12. The Labute approximate surface area is 150 Å². The number of rotatable bonds is 3. The van der Waals surface area contributed by atoms with Crippen LogP contribution in [0.5, 0.6) is 0 Å². The van der Waals surface area contributed by atoms with Crippen LogP contribution in [0, 0.1) is 0 Å². The normalized spacial score (nSPS) is 11.7. The minimum absolute atomic E-state index is 0.0187. The van der Waals surface area contributed by atoms with Crippen LogP contribution in [0.2, 0.25) is 25.1 Å². The summed E-state index contributed by atoms with van der Waals surface area (Å²) in [6, 6.07) is 7.85. The highest BCUT2D eigenvalue weighted by molar-refractivity contribution is 8.72. The van der Waals surface area contributed by atoms with Crippen molar-refractivity contribution in [3.05, 3.63) is 55.4 Å². The maximum atomic E-state index is 12.3. The van der Waals surface area contributed by atoms with Gasteiger partial charge < -0.3 is 0 Å². The highest BCUT2D eigenvalue weighted by atomic mass is 35.5. The van der Waals surface area contributed by atoms with Gasteiger partial charge in [-0.05, 0) is 12.1 Å². The second kappa shape index (κ2) is 6.75. The summed E-state index contributed by atoms with van der Waals surface area (Å²) in [7, 11) is -3.25. The molecule has 2 aromatic carbocycles. The molecule has 9 heteroatoms. The molecule has 21 heavy (non-hydrogen) atoms. The third-order valence-corrected chi connectivity index (χ3v) is 8.27. The summed E-state index contributed by atoms with van der Waals surface area (Å²) in [5, 5.41) is -0.215. The van der Waals surface area contributed by atoms with E-state index in [4.69, 9.17) is 58.0 Å². The SMILES string of the molecule is O=S(=O)(Sc1c(Cl)c(Cl)c(Cl)c(Cl)c1Cl)c1ccccc1. The number of benzene rings is 2. The first kappa shape index (κ1) is 17.5. The van der Waals surface area contributed by atoms with E-state index in [1.807, 2.05) is 0 Å². The Morgan fingerprint density at radius 3 is 1.62 bits per heavy atom. The molecule has 0 saturated heterocycles. The molecule has 0 aliphatic carbocycles. The van der Waals surface area contributed by atoms with Gasteiger partial charge in [0.2, 0.25) is 8.87 Å². The summed E-state index contributed by atoms with van der Waals surface area (Å²) < 4.78 is 24.7. The summed E-state index contributed by atoms with van der Waals surface area (Å²) in [6.07, 6.45) is 0.